The third-order valence-corrected chi connectivity index (χ3v) is 13.5. The van der Waals surface area contributed by atoms with Crippen LogP contribution < -0.4 is 19.6 Å². The van der Waals surface area contributed by atoms with E-state index in [1.54, 1.807) is 0 Å². The van der Waals surface area contributed by atoms with Crippen LogP contribution in [0, 0.1) is 0 Å². The van der Waals surface area contributed by atoms with Gasteiger partial charge < -0.3 is 29.6 Å². The predicted octanol–water partition coefficient (Wildman–Crippen LogP) is 12.3. The number of benzene rings is 4. The summed E-state index contributed by atoms with van der Waals surface area (Å²) in [7, 11) is 16.8. The molecule has 354 valence electrons. The second kappa shape index (κ2) is 15.5. The lowest BCUT2D eigenvalue weighted by Gasteiger charge is -2.27. The number of nitrogens with one attached hydrogen (secondary N) is 2. The van der Waals surface area contributed by atoms with Gasteiger partial charge >= 0.3 is 0 Å². The Morgan fingerprint density at radius 1 is 0.294 bits per heavy atom. The van der Waals surface area contributed by atoms with Crippen LogP contribution in [0.5, 0.6) is 0 Å². The number of aromatic nitrogens is 8. The van der Waals surface area contributed by atoms with Crippen molar-refractivity contribution >= 4 is 66.9 Å². The molecule has 2 N–H and O–H groups in total. The number of fused-ring (bicyclic) bond motifs is 20. The van der Waals surface area contributed by atoms with Crippen molar-refractivity contribution in [3.05, 3.63) is 70.8 Å². The smallest absolute Gasteiger partial charge is 0.164 e. The van der Waals surface area contributed by atoms with E-state index in [-0.39, 0.29) is 21.7 Å². The zero-order valence-corrected chi connectivity index (χ0v) is 44.1. The van der Waals surface area contributed by atoms with Crippen molar-refractivity contribution in [3.63, 3.8) is 0 Å². The molecule has 2 aliphatic rings. The molecule has 0 atom stereocenters. The molecule has 0 amide bonds. The maximum atomic E-state index is 5.51. The normalized spacial score (nSPS) is 13.0. The van der Waals surface area contributed by atoms with E-state index >= 15 is 0 Å². The van der Waals surface area contributed by atoms with Crippen LogP contribution in [0.2, 0.25) is 0 Å². The molecule has 0 spiro atoms. The molecule has 12 heteroatoms. The third-order valence-electron chi connectivity index (χ3n) is 13.5. The van der Waals surface area contributed by atoms with Crippen molar-refractivity contribution in [1.82, 2.24) is 39.9 Å². The molecule has 68 heavy (non-hydrogen) atoms. The number of hydrogen-bond donors (Lipinski definition) is 2. The summed E-state index contributed by atoms with van der Waals surface area (Å²) in [5.74, 6) is 2.32. The van der Waals surface area contributed by atoms with E-state index in [9.17, 15) is 0 Å². The van der Waals surface area contributed by atoms with Crippen molar-refractivity contribution in [1.29, 1.82) is 0 Å². The topological polar surface area (TPSA) is 122 Å². The fourth-order valence-corrected chi connectivity index (χ4v) is 9.81. The number of rotatable bonds is 4. The van der Waals surface area contributed by atoms with Gasteiger partial charge in [0.2, 0.25) is 0 Å². The Morgan fingerprint density at radius 2 is 0.515 bits per heavy atom. The number of hydrogen-bond acceptors (Lipinski definition) is 10. The van der Waals surface area contributed by atoms with Crippen LogP contribution in [0.25, 0.3) is 89.7 Å². The molecule has 0 unspecified atom stereocenters. The summed E-state index contributed by atoms with van der Waals surface area (Å²) in [4.78, 5) is 49.0. The van der Waals surface area contributed by atoms with Crippen molar-refractivity contribution < 1.29 is 0 Å². The lowest BCUT2D eigenvalue weighted by molar-refractivity contribution is 0.590. The number of aromatic amines is 2. The van der Waals surface area contributed by atoms with Gasteiger partial charge in [0.25, 0.3) is 0 Å². The summed E-state index contributed by atoms with van der Waals surface area (Å²) >= 11 is 0. The Labute approximate surface area is 402 Å². The molecule has 8 bridgehead atoms. The molecule has 7 aromatic rings. The minimum Gasteiger partial charge on any atom is -0.377 e. The zero-order valence-electron chi connectivity index (χ0n) is 44.1. The molecule has 0 radical (unpaired) electrons. The summed E-state index contributed by atoms with van der Waals surface area (Å²) in [6, 6.07) is 18.1. The van der Waals surface area contributed by atoms with Crippen LogP contribution in [0.3, 0.4) is 0 Å². The molecular weight excluding hydrogens is 841 g/mol. The summed E-state index contributed by atoms with van der Waals surface area (Å²) in [5.41, 5.74) is 14.9. The fourth-order valence-electron chi connectivity index (χ4n) is 9.81. The van der Waals surface area contributed by atoms with E-state index in [1.165, 1.54) is 22.3 Å². The molecule has 3 aromatic heterocycles. The monoisotopic (exact) mass is 911 g/mol. The molecule has 0 saturated heterocycles. The van der Waals surface area contributed by atoms with Gasteiger partial charge in [0.05, 0.1) is 0 Å². The second-order valence-corrected chi connectivity index (χ2v) is 23.8. The number of H-pyrrole nitrogens is 2. The summed E-state index contributed by atoms with van der Waals surface area (Å²) in [6.07, 6.45) is 0. The van der Waals surface area contributed by atoms with Gasteiger partial charge in [0, 0.05) is 123 Å². The number of nitrogens with zero attached hydrogens (tertiary/aromatic N) is 10. The molecule has 5 heterocycles. The van der Waals surface area contributed by atoms with Crippen LogP contribution in [0.4, 0.5) is 22.7 Å². The van der Waals surface area contributed by atoms with Crippen LogP contribution >= 0.6 is 0 Å². The van der Waals surface area contributed by atoms with E-state index in [0.717, 1.165) is 66.5 Å². The van der Waals surface area contributed by atoms with Crippen LogP contribution in [-0.2, 0) is 21.7 Å². The zero-order chi connectivity index (χ0) is 49.5. The Hall–Kier alpha value is -6.56. The Kier molecular flexibility index (Phi) is 10.6. The summed E-state index contributed by atoms with van der Waals surface area (Å²) in [6.45, 7) is 27.1. The van der Waals surface area contributed by atoms with Crippen LogP contribution in [-0.4, -0.2) is 96.3 Å². The van der Waals surface area contributed by atoms with Gasteiger partial charge in [-0.05, 0) is 92.4 Å². The average molecular weight is 911 g/mol. The summed E-state index contributed by atoms with van der Waals surface area (Å²) < 4.78 is 0. The van der Waals surface area contributed by atoms with E-state index in [0.29, 0.717) is 45.9 Å². The molecular formula is C56H70N12. The van der Waals surface area contributed by atoms with Crippen molar-refractivity contribution in [3.8, 4) is 45.6 Å². The maximum Gasteiger partial charge on any atom is 0.164 e. The van der Waals surface area contributed by atoms with Crippen LogP contribution in [0.15, 0.2) is 48.5 Å². The molecule has 0 aliphatic carbocycles. The van der Waals surface area contributed by atoms with Crippen LogP contribution in [0.1, 0.15) is 105 Å². The van der Waals surface area contributed by atoms with Gasteiger partial charge in [0.1, 0.15) is 22.6 Å². The molecule has 12 nitrogen and oxygen atoms in total. The quantitative estimate of drug-likeness (QED) is 0.176. The largest absolute Gasteiger partial charge is 0.377 e. The van der Waals surface area contributed by atoms with E-state index in [2.05, 4.69) is 218 Å². The standard InChI is InChI=1S/C56H70N12/c1-53(2,3)37-21-29-33(25-41(37)65(13)14)49-57-45(29)61-50-34-26-42(66(15)16)38(54(4,5)6)22-30(34)47(58-50)63-52-36-28-44(68(19)20)40(56(10,11)12)24-32(36)48(60-52)64-51-35-27-43(67(17)18)39(55(7,8)9)23-31(35)46(59-51)62-49/h21-28H,1-20H3,(H2,57,58,59,60,61,62,63,64). The average Bonchev–Trinajstić information content (AvgIpc) is 3.95. The Bertz CT molecular complexity index is 3170. The van der Waals surface area contributed by atoms with Crippen molar-refractivity contribution in [2.75, 3.05) is 76.0 Å². The summed E-state index contributed by atoms with van der Waals surface area (Å²) in [5, 5.41) is 3.79. The first-order chi connectivity index (χ1) is 31.5. The van der Waals surface area contributed by atoms with Crippen molar-refractivity contribution in [2.45, 2.75) is 105 Å². The molecule has 9 rings (SSSR count). The van der Waals surface area contributed by atoms with Gasteiger partial charge in [-0.2, -0.15) is 0 Å². The highest BCUT2D eigenvalue weighted by molar-refractivity contribution is 6.09. The predicted molar refractivity (Wildman–Crippen MR) is 288 cm³/mol. The minimum absolute atomic E-state index is 0.166. The van der Waals surface area contributed by atoms with Gasteiger partial charge in [-0.3, -0.25) is 0 Å². The van der Waals surface area contributed by atoms with Gasteiger partial charge in [-0.25, -0.2) is 29.9 Å². The first-order valence-electron chi connectivity index (χ1n) is 23.8. The van der Waals surface area contributed by atoms with Crippen molar-refractivity contribution in [2.24, 2.45) is 0 Å². The molecule has 4 aromatic carbocycles. The molecule has 2 aliphatic heterocycles. The van der Waals surface area contributed by atoms with E-state index in [4.69, 9.17) is 29.9 Å². The van der Waals surface area contributed by atoms with E-state index < -0.39 is 0 Å². The van der Waals surface area contributed by atoms with Gasteiger partial charge in [-0.15, -0.1) is 0 Å². The maximum absolute atomic E-state index is 5.51. The molecule has 0 saturated carbocycles. The van der Waals surface area contributed by atoms with Gasteiger partial charge in [-0.1, -0.05) is 83.1 Å². The Balaban J connectivity index is 1.54. The highest BCUT2D eigenvalue weighted by Gasteiger charge is 2.31. The lowest BCUT2D eigenvalue weighted by Crippen LogP contribution is -2.19. The first kappa shape index (κ1) is 46.5. The Morgan fingerprint density at radius 3 is 0.765 bits per heavy atom. The first-order valence-corrected chi connectivity index (χ1v) is 23.8. The minimum atomic E-state index is -0.169. The highest BCUT2D eigenvalue weighted by Crippen LogP contribution is 2.46. The van der Waals surface area contributed by atoms with E-state index in [1.807, 2.05) is 0 Å². The third kappa shape index (κ3) is 7.79. The second-order valence-electron chi connectivity index (χ2n) is 23.8. The lowest BCUT2D eigenvalue weighted by atomic mass is 9.83. The molecule has 0 fully saturated rings. The highest BCUT2D eigenvalue weighted by atomic mass is 15.1. The SMILES string of the molecule is CN(C)c1cc2c(cc1C(C)(C)C)-c1nc-2nc2[nH]c(nc3nc(nc4[nH]c(n1)c1cc(N(C)C)c(C(C)(C)C)cc41)-c1cc(N(C)C)c(C(C)(C)C)cc1-3)c1cc(N(C)C)c(C(C)(C)C)cc21. The number of anilines is 4. The van der Waals surface area contributed by atoms with Gasteiger partial charge in [0.15, 0.2) is 23.3 Å². The fraction of sp³-hybridized carbons (Fsp3) is 0.429.